The second-order valence-electron chi connectivity index (χ2n) is 8.22. The number of carbonyl (C=O) groups is 2. The zero-order chi connectivity index (χ0) is 22.6. The average Bonchev–Trinajstić information content (AvgIpc) is 3.58. The quantitative estimate of drug-likeness (QED) is 0.518. The van der Waals surface area contributed by atoms with Crippen molar-refractivity contribution in [1.29, 1.82) is 0 Å². The molecule has 0 spiro atoms. The number of sulfonamides is 1. The Morgan fingerprint density at radius 1 is 1.16 bits per heavy atom. The minimum Gasteiger partial charge on any atom is -0.345 e. The molecule has 31 heavy (non-hydrogen) atoms. The molecule has 0 saturated heterocycles. The van der Waals surface area contributed by atoms with E-state index in [1.165, 1.54) is 0 Å². The van der Waals surface area contributed by atoms with E-state index < -0.39 is 46.1 Å². The standard InChI is InChI=1S/C18H21F4N3O4S2/c19-12-6-10(12)15(26)25-16-14(31(28,29)23-7-8-1-2-8)11-5-9(3-4-13(11)30-16)24-17(27)18(20,21)22/h8-10,12,23H,1-7H2,(H,24,27)(H,25,26)/t9-,10-,12-/m0/s1. The molecule has 3 N–H and O–H groups in total. The van der Waals surface area contributed by atoms with Crippen LogP contribution in [0.3, 0.4) is 0 Å². The summed E-state index contributed by atoms with van der Waals surface area (Å²) in [6.07, 6.45) is -4.08. The molecular weight excluding hydrogens is 462 g/mol. The minimum atomic E-state index is -5.04. The molecule has 2 amide bonds. The van der Waals surface area contributed by atoms with Crippen molar-refractivity contribution in [3.05, 3.63) is 10.4 Å². The van der Waals surface area contributed by atoms with Crippen LogP contribution < -0.4 is 15.4 Å². The van der Waals surface area contributed by atoms with E-state index in [0.29, 0.717) is 4.88 Å². The largest absolute Gasteiger partial charge is 0.471 e. The van der Waals surface area contributed by atoms with Gasteiger partial charge in [0.25, 0.3) is 0 Å². The van der Waals surface area contributed by atoms with Gasteiger partial charge in [0.15, 0.2) is 0 Å². The third-order valence-electron chi connectivity index (χ3n) is 5.62. The lowest BCUT2D eigenvalue weighted by atomic mass is 9.94. The molecule has 1 aromatic rings. The van der Waals surface area contributed by atoms with Crippen molar-refractivity contribution in [2.75, 3.05) is 11.9 Å². The molecule has 0 aromatic carbocycles. The lowest BCUT2D eigenvalue weighted by Gasteiger charge is -2.24. The van der Waals surface area contributed by atoms with Crippen molar-refractivity contribution in [1.82, 2.24) is 10.0 Å². The topological polar surface area (TPSA) is 104 Å². The summed E-state index contributed by atoms with van der Waals surface area (Å²) in [5, 5.41) is 4.46. The van der Waals surface area contributed by atoms with Gasteiger partial charge in [-0.25, -0.2) is 17.5 Å². The SMILES string of the molecule is O=C(Nc1sc2c(c1S(=O)(=O)NCC1CC1)C[C@@H](NC(=O)C(F)(F)F)CC2)[C@H]1C[C@@H]1F. The summed E-state index contributed by atoms with van der Waals surface area (Å²) in [4.78, 5) is 24.0. The van der Waals surface area contributed by atoms with Gasteiger partial charge in [-0.3, -0.25) is 9.59 Å². The van der Waals surface area contributed by atoms with Gasteiger partial charge in [-0.15, -0.1) is 11.3 Å². The van der Waals surface area contributed by atoms with Crippen LogP contribution in [0.25, 0.3) is 0 Å². The summed E-state index contributed by atoms with van der Waals surface area (Å²) in [5.74, 6) is -3.29. The van der Waals surface area contributed by atoms with Crippen LogP contribution >= 0.6 is 11.3 Å². The van der Waals surface area contributed by atoms with Crippen LogP contribution in [0, 0.1) is 11.8 Å². The van der Waals surface area contributed by atoms with Gasteiger partial charge in [-0.1, -0.05) is 0 Å². The van der Waals surface area contributed by atoms with Crippen LogP contribution in [0.1, 0.15) is 36.1 Å². The summed E-state index contributed by atoms with van der Waals surface area (Å²) in [7, 11) is -4.07. The van der Waals surface area contributed by atoms with Crippen LogP contribution in [-0.2, 0) is 32.5 Å². The number of carbonyl (C=O) groups excluding carboxylic acids is 2. The van der Waals surface area contributed by atoms with Gasteiger partial charge in [0.1, 0.15) is 16.1 Å². The van der Waals surface area contributed by atoms with E-state index in [-0.39, 0.29) is 53.6 Å². The molecular formula is C18H21F4N3O4S2. The third kappa shape index (κ3) is 5.03. The van der Waals surface area contributed by atoms with Crippen molar-refractivity contribution in [2.24, 2.45) is 11.8 Å². The normalized spacial score (nSPS) is 25.6. The number of rotatable bonds is 7. The second-order valence-corrected chi connectivity index (χ2v) is 11.0. The molecule has 0 unspecified atom stereocenters. The minimum absolute atomic E-state index is 0.0418. The fraction of sp³-hybridized carbons (Fsp3) is 0.667. The number of nitrogens with one attached hydrogen (secondary N) is 3. The molecule has 3 aliphatic rings. The number of thiophene rings is 1. The number of amides is 2. The third-order valence-corrected chi connectivity index (χ3v) is 8.49. The zero-order valence-electron chi connectivity index (χ0n) is 16.2. The lowest BCUT2D eigenvalue weighted by Crippen LogP contribution is -2.45. The van der Waals surface area contributed by atoms with Crippen LogP contribution in [0.15, 0.2) is 4.90 Å². The van der Waals surface area contributed by atoms with E-state index in [9.17, 15) is 35.6 Å². The van der Waals surface area contributed by atoms with E-state index in [0.717, 1.165) is 24.2 Å². The first-order chi connectivity index (χ1) is 14.5. The van der Waals surface area contributed by atoms with Crippen molar-refractivity contribution >= 4 is 38.2 Å². The van der Waals surface area contributed by atoms with E-state index in [1.807, 2.05) is 5.32 Å². The molecule has 1 aromatic heterocycles. The number of hydrogen-bond acceptors (Lipinski definition) is 5. The van der Waals surface area contributed by atoms with Gasteiger partial charge in [0.2, 0.25) is 15.9 Å². The molecule has 1 heterocycles. The number of anilines is 1. The van der Waals surface area contributed by atoms with Crippen molar-refractivity contribution in [3.63, 3.8) is 0 Å². The lowest BCUT2D eigenvalue weighted by molar-refractivity contribution is -0.174. The van der Waals surface area contributed by atoms with E-state index in [2.05, 4.69) is 10.0 Å². The Labute approximate surface area is 180 Å². The first kappa shape index (κ1) is 22.5. The van der Waals surface area contributed by atoms with E-state index in [1.54, 1.807) is 0 Å². The van der Waals surface area contributed by atoms with E-state index >= 15 is 0 Å². The first-order valence-electron chi connectivity index (χ1n) is 9.92. The van der Waals surface area contributed by atoms with Crippen molar-refractivity contribution < 1.29 is 35.6 Å². The molecule has 0 bridgehead atoms. The molecule has 172 valence electrons. The van der Waals surface area contributed by atoms with Crippen LogP contribution in [0.2, 0.25) is 0 Å². The molecule has 0 aliphatic heterocycles. The predicted octanol–water partition coefficient (Wildman–Crippen LogP) is 2.27. The average molecular weight is 484 g/mol. The predicted molar refractivity (Wildman–Crippen MR) is 104 cm³/mol. The Balaban J connectivity index is 1.61. The molecule has 2 saturated carbocycles. The monoisotopic (exact) mass is 483 g/mol. The van der Waals surface area contributed by atoms with Gasteiger partial charge in [0.05, 0.1) is 5.92 Å². The summed E-state index contributed by atoms with van der Waals surface area (Å²) in [6.45, 7) is 0.226. The first-order valence-corrected chi connectivity index (χ1v) is 12.2. The summed E-state index contributed by atoms with van der Waals surface area (Å²) < 4.78 is 79.7. The van der Waals surface area contributed by atoms with Crippen LogP contribution in [-0.4, -0.2) is 45.2 Å². The molecule has 13 heteroatoms. The maximum Gasteiger partial charge on any atom is 0.471 e. The molecule has 2 fully saturated rings. The smallest absolute Gasteiger partial charge is 0.345 e. The summed E-state index contributed by atoms with van der Waals surface area (Å²) in [6, 6.07) is -0.893. The van der Waals surface area contributed by atoms with Crippen molar-refractivity contribution in [2.45, 2.75) is 61.8 Å². The maximum absolute atomic E-state index is 13.3. The Morgan fingerprint density at radius 3 is 2.42 bits per heavy atom. The highest BCUT2D eigenvalue weighted by molar-refractivity contribution is 7.90. The Bertz CT molecular complexity index is 1000. The Morgan fingerprint density at radius 2 is 1.84 bits per heavy atom. The molecule has 3 aliphatic carbocycles. The second kappa shape index (κ2) is 8.00. The van der Waals surface area contributed by atoms with Gasteiger partial charge in [-0.05, 0) is 50.0 Å². The summed E-state index contributed by atoms with van der Waals surface area (Å²) >= 11 is 1.03. The highest BCUT2D eigenvalue weighted by atomic mass is 32.2. The zero-order valence-corrected chi connectivity index (χ0v) is 17.9. The number of fused-ring (bicyclic) bond motifs is 1. The van der Waals surface area contributed by atoms with Gasteiger partial charge in [-0.2, -0.15) is 13.2 Å². The summed E-state index contributed by atoms with van der Waals surface area (Å²) in [5.41, 5.74) is 0.287. The molecule has 0 radical (unpaired) electrons. The molecule has 7 nitrogen and oxygen atoms in total. The van der Waals surface area contributed by atoms with Crippen molar-refractivity contribution in [3.8, 4) is 0 Å². The maximum atomic E-state index is 13.3. The molecule has 3 atom stereocenters. The number of halogens is 4. The van der Waals surface area contributed by atoms with E-state index in [4.69, 9.17) is 0 Å². The van der Waals surface area contributed by atoms with Gasteiger partial charge < -0.3 is 10.6 Å². The highest BCUT2D eigenvalue weighted by Gasteiger charge is 2.45. The van der Waals surface area contributed by atoms with Gasteiger partial charge in [0, 0.05) is 17.5 Å². The number of alkyl halides is 4. The van der Waals surface area contributed by atoms with Crippen LogP contribution in [0.4, 0.5) is 22.6 Å². The molecule has 4 rings (SSSR count). The number of aryl methyl sites for hydroxylation is 1. The number of hydrogen-bond donors (Lipinski definition) is 3. The Kier molecular flexibility index (Phi) is 5.80. The van der Waals surface area contributed by atoms with Crippen LogP contribution in [0.5, 0.6) is 0 Å². The highest BCUT2D eigenvalue weighted by Crippen LogP contribution is 2.43. The fourth-order valence-corrected chi connectivity index (χ4v) is 6.66. The Hall–Kier alpha value is -1.73. The fourth-order valence-electron chi connectivity index (χ4n) is 3.58. The van der Waals surface area contributed by atoms with Gasteiger partial charge >= 0.3 is 12.1 Å².